The van der Waals surface area contributed by atoms with Crippen molar-refractivity contribution in [1.29, 1.82) is 0 Å². The number of nitrogens with one attached hydrogen (secondary N) is 2. The fourth-order valence-electron chi connectivity index (χ4n) is 3.69. The maximum Gasteiger partial charge on any atom is 0.338 e. The van der Waals surface area contributed by atoms with Gasteiger partial charge < -0.3 is 15.4 Å². The third kappa shape index (κ3) is 3.73. The van der Waals surface area contributed by atoms with Crippen LogP contribution >= 0.6 is 12.2 Å². The maximum absolute atomic E-state index is 11.9. The van der Waals surface area contributed by atoms with E-state index in [1.165, 1.54) is 25.5 Å². The molecule has 2 aromatic carbocycles. The minimum absolute atomic E-state index is 0.126. The lowest BCUT2D eigenvalue weighted by atomic mass is 9.88. The van der Waals surface area contributed by atoms with Gasteiger partial charge in [0.15, 0.2) is 5.11 Å². The van der Waals surface area contributed by atoms with Crippen LogP contribution in [0.25, 0.3) is 0 Å². The van der Waals surface area contributed by atoms with E-state index >= 15 is 0 Å². The minimum Gasteiger partial charge on any atom is -0.465 e. The first kappa shape index (κ1) is 18.4. The van der Waals surface area contributed by atoms with Gasteiger partial charge in [-0.1, -0.05) is 49.2 Å². The van der Waals surface area contributed by atoms with Crippen LogP contribution in [0.1, 0.15) is 47.2 Å². The lowest BCUT2D eigenvalue weighted by Crippen LogP contribution is -2.45. The highest BCUT2D eigenvalue weighted by Crippen LogP contribution is 2.38. The van der Waals surface area contributed by atoms with E-state index < -0.39 is 0 Å². The zero-order valence-corrected chi connectivity index (χ0v) is 16.0. The molecule has 0 amide bonds. The largest absolute Gasteiger partial charge is 0.465 e. The van der Waals surface area contributed by atoms with Crippen LogP contribution in [-0.2, 0) is 10.3 Å². The zero-order valence-electron chi connectivity index (χ0n) is 15.2. The third-order valence-electron chi connectivity index (χ3n) is 5.12. The molecule has 1 fully saturated rings. The van der Waals surface area contributed by atoms with Gasteiger partial charge in [0.05, 0.1) is 18.2 Å². The molecule has 1 saturated carbocycles. The summed E-state index contributed by atoms with van der Waals surface area (Å²) in [4.78, 5) is 11.9. The third-order valence-corrected chi connectivity index (χ3v) is 5.33. The van der Waals surface area contributed by atoms with Gasteiger partial charge in [-0.15, -0.1) is 0 Å². The average Bonchev–Trinajstić information content (AvgIpc) is 3.13. The van der Waals surface area contributed by atoms with Gasteiger partial charge in [0.1, 0.15) is 0 Å². The van der Waals surface area contributed by atoms with Crippen molar-refractivity contribution in [1.82, 2.24) is 5.32 Å². The van der Waals surface area contributed by atoms with E-state index in [0.29, 0.717) is 10.7 Å². The second kappa shape index (κ2) is 7.87. The van der Waals surface area contributed by atoms with E-state index in [2.05, 4.69) is 34.9 Å². The summed E-state index contributed by atoms with van der Waals surface area (Å²) >= 11 is 5.60. The van der Waals surface area contributed by atoms with Gasteiger partial charge in [-0.25, -0.2) is 4.79 Å². The highest BCUT2D eigenvalue weighted by Gasteiger charge is 2.36. The highest BCUT2D eigenvalue weighted by molar-refractivity contribution is 7.80. The Morgan fingerprint density at radius 3 is 2.42 bits per heavy atom. The number of thiocarbonyl (C=S) groups is 1. The van der Waals surface area contributed by atoms with E-state index in [4.69, 9.17) is 17.0 Å². The molecule has 0 bridgehead atoms. The Bertz CT molecular complexity index is 799. The van der Waals surface area contributed by atoms with Crippen LogP contribution in [0.2, 0.25) is 0 Å². The standard InChI is InChI=1S/C21H24N2O2S/c1-15-17(19(24)25-2)11-8-12-18(15)22-20(26)23-21(13-6-7-14-21)16-9-4-3-5-10-16/h3-5,8-12H,6-7,13-14H2,1-2H3,(H2,22,23,26). The summed E-state index contributed by atoms with van der Waals surface area (Å²) in [7, 11) is 1.39. The molecule has 1 aliphatic rings. The van der Waals surface area contributed by atoms with Crippen LogP contribution in [0.4, 0.5) is 5.69 Å². The normalized spacial score (nSPS) is 15.3. The van der Waals surface area contributed by atoms with Crippen molar-refractivity contribution in [2.75, 3.05) is 12.4 Å². The highest BCUT2D eigenvalue weighted by atomic mass is 32.1. The molecular weight excluding hydrogens is 344 g/mol. The van der Waals surface area contributed by atoms with Crippen molar-refractivity contribution >= 4 is 29.0 Å². The van der Waals surface area contributed by atoms with E-state index in [9.17, 15) is 4.79 Å². The Hall–Kier alpha value is -2.40. The van der Waals surface area contributed by atoms with Gasteiger partial charge in [0.2, 0.25) is 0 Å². The summed E-state index contributed by atoms with van der Waals surface area (Å²) in [6.07, 6.45) is 4.47. The lowest BCUT2D eigenvalue weighted by Gasteiger charge is -2.32. The van der Waals surface area contributed by atoms with Crippen LogP contribution in [0.3, 0.4) is 0 Å². The molecule has 0 heterocycles. The van der Waals surface area contributed by atoms with Crippen LogP contribution in [0.15, 0.2) is 48.5 Å². The summed E-state index contributed by atoms with van der Waals surface area (Å²) in [5.41, 5.74) is 3.31. The molecule has 1 aliphatic carbocycles. The molecular formula is C21H24N2O2S. The number of hydrogen-bond donors (Lipinski definition) is 2. The van der Waals surface area contributed by atoms with Crippen molar-refractivity contribution < 1.29 is 9.53 Å². The van der Waals surface area contributed by atoms with Gasteiger partial charge >= 0.3 is 5.97 Å². The summed E-state index contributed by atoms with van der Waals surface area (Å²) in [6, 6.07) is 16.0. The molecule has 0 spiro atoms. The first-order valence-corrected chi connectivity index (χ1v) is 9.29. The Morgan fingerprint density at radius 1 is 1.08 bits per heavy atom. The number of anilines is 1. The predicted molar refractivity (Wildman–Crippen MR) is 108 cm³/mol. The molecule has 0 aliphatic heterocycles. The van der Waals surface area contributed by atoms with E-state index in [-0.39, 0.29) is 11.5 Å². The number of esters is 1. The maximum atomic E-state index is 11.9. The predicted octanol–water partition coefficient (Wildman–Crippen LogP) is 4.54. The molecule has 2 N–H and O–H groups in total. The molecule has 0 aromatic heterocycles. The summed E-state index contributed by atoms with van der Waals surface area (Å²) in [5, 5.41) is 7.38. The number of carbonyl (C=O) groups excluding carboxylic acids is 1. The molecule has 0 saturated heterocycles. The second-order valence-electron chi connectivity index (χ2n) is 6.70. The number of carbonyl (C=O) groups is 1. The van der Waals surface area contributed by atoms with Gasteiger partial charge in [-0.2, -0.15) is 0 Å². The monoisotopic (exact) mass is 368 g/mol. The number of hydrogen-bond acceptors (Lipinski definition) is 3. The van der Waals surface area contributed by atoms with Gasteiger partial charge in [-0.05, 0) is 55.2 Å². The van der Waals surface area contributed by atoms with Gasteiger partial charge in [0, 0.05) is 5.69 Å². The van der Waals surface area contributed by atoms with Crippen LogP contribution < -0.4 is 10.6 Å². The fraction of sp³-hybridized carbons (Fsp3) is 0.333. The summed E-state index contributed by atoms with van der Waals surface area (Å²) in [5.74, 6) is -0.346. The fourth-order valence-corrected chi connectivity index (χ4v) is 4.00. The average molecular weight is 369 g/mol. The topological polar surface area (TPSA) is 50.4 Å². The first-order chi connectivity index (χ1) is 12.6. The molecule has 0 radical (unpaired) electrons. The van der Waals surface area contributed by atoms with Crippen LogP contribution in [0, 0.1) is 6.92 Å². The van der Waals surface area contributed by atoms with Crippen molar-refractivity contribution in [3.63, 3.8) is 0 Å². The van der Waals surface area contributed by atoms with E-state index in [0.717, 1.165) is 24.1 Å². The Balaban J connectivity index is 1.79. The smallest absolute Gasteiger partial charge is 0.338 e. The van der Waals surface area contributed by atoms with Crippen molar-refractivity contribution in [2.24, 2.45) is 0 Å². The zero-order chi connectivity index (χ0) is 18.6. The van der Waals surface area contributed by atoms with Crippen LogP contribution in [-0.4, -0.2) is 18.2 Å². The van der Waals surface area contributed by atoms with E-state index in [1.54, 1.807) is 6.07 Å². The molecule has 0 atom stereocenters. The summed E-state index contributed by atoms with van der Waals surface area (Å²) in [6.45, 7) is 1.89. The molecule has 26 heavy (non-hydrogen) atoms. The number of benzene rings is 2. The van der Waals surface area contributed by atoms with Crippen molar-refractivity contribution in [2.45, 2.75) is 38.1 Å². The molecule has 136 valence electrons. The van der Waals surface area contributed by atoms with E-state index in [1.807, 2.05) is 25.1 Å². The molecule has 3 rings (SSSR count). The van der Waals surface area contributed by atoms with Gasteiger partial charge in [-0.3, -0.25) is 0 Å². The quantitative estimate of drug-likeness (QED) is 0.613. The SMILES string of the molecule is COC(=O)c1cccc(NC(=S)NC2(c3ccccc3)CCCC2)c1C. The Morgan fingerprint density at radius 2 is 1.77 bits per heavy atom. The molecule has 0 unspecified atom stereocenters. The van der Waals surface area contributed by atoms with Crippen LogP contribution in [0.5, 0.6) is 0 Å². The number of rotatable bonds is 4. The Labute approximate surface area is 160 Å². The molecule has 5 heteroatoms. The number of ether oxygens (including phenoxy) is 1. The number of methoxy groups -OCH3 is 1. The first-order valence-electron chi connectivity index (χ1n) is 8.88. The van der Waals surface area contributed by atoms with Crippen molar-refractivity contribution in [3.8, 4) is 0 Å². The minimum atomic E-state index is -0.346. The van der Waals surface area contributed by atoms with Gasteiger partial charge in [0.25, 0.3) is 0 Å². The molecule has 2 aromatic rings. The lowest BCUT2D eigenvalue weighted by molar-refractivity contribution is 0.0600. The second-order valence-corrected chi connectivity index (χ2v) is 7.11. The summed E-state index contributed by atoms with van der Waals surface area (Å²) < 4.78 is 4.84. The van der Waals surface area contributed by atoms with Crippen molar-refractivity contribution in [3.05, 3.63) is 65.2 Å². The Kier molecular flexibility index (Phi) is 5.57. The molecule has 4 nitrogen and oxygen atoms in total.